The van der Waals surface area contributed by atoms with Gasteiger partial charge in [-0.25, -0.2) is 0 Å². The van der Waals surface area contributed by atoms with Gasteiger partial charge in [0.25, 0.3) is 0 Å². The molecular formula is C15H28N2O. The van der Waals surface area contributed by atoms with Gasteiger partial charge < -0.3 is 10.6 Å². The Morgan fingerprint density at radius 2 is 2.00 bits per heavy atom. The zero-order chi connectivity index (χ0) is 13.5. The van der Waals surface area contributed by atoms with Crippen LogP contribution < -0.4 is 5.73 Å². The maximum Gasteiger partial charge on any atom is 0.239 e. The predicted octanol–water partition coefficient (Wildman–Crippen LogP) is 2.25. The van der Waals surface area contributed by atoms with E-state index in [9.17, 15) is 4.79 Å². The zero-order valence-electron chi connectivity index (χ0n) is 12.3. The average molecular weight is 252 g/mol. The van der Waals surface area contributed by atoms with Crippen molar-refractivity contribution in [2.24, 2.45) is 28.9 Å². The SMILES string of the molecule is CN(CC1CC2CCC1C2)C(=O)C(N)C(C)(C)C. The van der Waals surface area contributed by atoms with E-state index in [1.54, 1.807) is 0 Å². The number of fused-ring (bicyclic) bond motifs is 2. The third-order valence-corrected chi connectivity index (χ3v) is 4.97. The lowest BCUT2D eigenvalue weighted by molar-refractivity contribution is -0.134. The van der Waals surface area contributed by atoms with Crippen molar-refractivity contribution in [2.45, 2.75) is 52.5 Å². The number of rotatable bonds is 3. The Bertz CT molecular complexity index is 321. The van der Waals surface area contributed by atoms with Gasteiger partial charge in [0, 0.05) is 13.6 Å². The van der Waals surface area contributed by atoms with Crippen molar-refractivity contribution in [1.29, 1.82) is 0 Å². The van der Waals surface area contributed by atoms with E-state index < -0.39 is 0 Å². The fourth-order valence-corrected chi connectivity index (χ4v) is 3.65. The van der Waals surface area contributed by atoms with Crippen molar-refractivity contribution in [3.8, 4) is 0 Å². The summed E-state index contributed by atoms with van der Waals surface area (Å²) in [4.78, 5) is 14.2. The molecule has 18 heavy (non-hydrogen) atoms. The summed E-state index contributed by atoms with van der Waals surface area (Å²) in [7, 11) is 1.92. The standard InChI is InChI=1S/C15H28N2O/c1-15(2,3)13(16)14(18)17(4)9-12-8-10-5-6-11(12)7-10/h10-13H,5-9,16H2,1-4H3. The van der Waals surface area contributed by atoms with Gasteiger partial charge in [0.05, 0.1) is 6.04 Å². The zero-order valence-corrected chi connectivity index (χ0v) is 12.3. The molecule has 0 aromatic carbocycles. The maximum absolute atomic E-state index is 12.3. The number of likely N-dealkylation sites (N-methyl/N-ethyl adjacent to an activating group) is 1. The Morgan fingerprint density at radius 3 is 2.44 bits per heavy atom. The lowest BCUT2D eigenvalue weighted by Crippen LogP contribution is -2.50. The molecule has 0 spiro atoms. The molecular weight excluding hydrogens is 224 g/mol. The molecule has 2 aliphatic carbocycles. The van der Waals surface area contributed by atoms with Crippen LogP contribution in [0.2, 0.25) is 0 Å². The van der Waals surface area contributed by atoms with Crippen LogP contribution in [-0.2, 0) is 4.79 Å². The molecule has 0 aromatic heterocycles. The van der Waals surface area contributed by atoms with Crippen molar-refractivity contribution in [3.63, 3.8) is 0 Å². The van der Waals surface area contributed by atoms with Crippen LogP contribution in [0.1, 0.15) is 46.5 Å². The topological polar surface area (TPSA) is 46.3 Å². The third kappa shape index (κ3) is 2.71. The van der Waals surface area contributed by atoms with Gasteiger partial charge in [-0.05, 0) is 42.4 Å². The van der Waals surface area contributed by atoms with E-state index in [0.29, 0.717) is 0 Å². The number of amides is 1. The van der Waals surface area contributed by atoms with E-state index in [0.717, 1.165) is 24.3 Å². The van der Waals surface area contributed by atoms with Crippen LogP contribution in [0.4, 0.5) is 0 Å². The molecule has 0 saturated heterocycles. The summed E-state index contributed by atoms with van der Waals surface area (Å²) in [6, 6.07) is -0.388. The van der Waals surface area contributed by atoms with Crippen molar-refractivity contribution in [2.75, 3.05) is 13.6 Å². The van der Waals surface area contributed by atoms with Crippen LogP contribution in [0.5, 0.6) is 0 Å². The van der Waals surface area contributed by atoms with E-state index in [-0.39, 0.29) is 17.4 Å². The lowest BCUT2D eigenvalue weighted by atomic mass is 9.85. The highest BCUT2D eigenvalue weighted by atomic mass is 16.2. The molecule has 0 aromatic rings. The molecule has 2 bridgehead atoms. The van der Waals surface area contributed by atoms with Crippen molar-refractivity contribution >= 4 is 5.91 Å². The minimum atomic E-state index is -0.388. The van der Waals surface area contributed by atoms with Gasteiger partial charge in [-0.2, -0.15) is 0 Å². The van der Waals surface area contributed by atoms with Crippen molar-refractivity contribution < 1.29 is 4.79 Å². The molecule has 1 amide bonds. The minimum absolute atomic E-state index is 0.102. The summed E-state index contributed by atoms with van der Waals surface area (Å²) in [5.74, 6) is 2.64. The Balaban J connectivity index is 1.88. The first-order valence-corrected chi connectivity index (χ1v) is 7.29. The van der Waals surface area contributed by atoms with E-state index in [2.05, 4.69) is 0 Å². The Hall–Kier alpha value is -0.570. The van der Waals surface area contributed by atoms with Gasteiger partial charge in [-0.3, -0.25) is 4.79 Å². The number of nitrogens with two attached hydrogens (primary N) is 1. The quantitative estimate of drug-likeness (QED) is 0.837. The maximum atomic E-state index is 12.3. The smallest absolute Gasteiger partial charge is 0.239 e. The largest absolute Gasteiger partial charge is 0.344 e. The average Bonchev–Trinajstić information content (AvgIpc) is 2.87. The normalized spacial score (nSPS) is 32.6. The second-order valence-electron chi connectivity index (χ2n) is 7.50. The van der Waals surface area contributed by atoms with Gasteiger partial charge >= 0.3 is 0 Å². The fourth-order valence-electron chi connectivity index (χ4n) is 3.65. The summed E-state index contributed by atoms with van der Waals surface area (Å²) in [6.45, 7) is 6.99. The molecule has 2 N–H and O–H groups in total. The van der Waals surface area contributed by atoms with E-state index in [1.165, 1.54) is 25.7 Å². The van der Waals surface area contributed by atoms with Gasteiger partial charge in [0.1, 0.15) is 0 Å². The van der Waals surface area contributed by atoms with Crippen molar-refractivity contribution in [1.82, 2.24) is 4.90 Å². The molecule has 0 radical (unpaired) electrons. The number of hydrogen-bond acceptors (Lipinski definition) is 2. The molecule has 4 atom stereocenters. The van der Waals surface area contributed by atoms with Gasteiger partial charge in [-0.1, -0.05) is 27.2 Å². The molecule has 104 valence electrons. The molecule has 0 heterocycles. The fraction of sp³-hybridized carbons (Fsp3) is 0.933. The van der Waals surface area contributed by atoms with Gasteiger partial charge in [0.15, 0.2) is 0 Å². The molecule has 2 rings (SSSR count). The van der Waals surface area contributed by atoms with E-state index in [4.69, 9.17) is 5.73 Å². The highest BCUT2D eigenvalue weighted by molar-refractivity contribution is 5.82. The van der Waals surface area contributed by atoms with E-state index >= 15 is 0 Å². The minimum Gasteiger partial charge on any atom is -0.344 e. The molecule has 2 fully saturated rings. The van der Waals surface area contributed by atoms with Crippen LogP contribution in [0, 0.1) is 23.2 Å². The molecule has 3 heteroatoms. The summed E-state index contributed by atoms with van der Waals surface area (Å²) in [5, 5.41) is 0. The second-order valence-corrected chi connectivity index (χ2v) is 7.50. The highest BCUT2D eigenvalue weighted by Gasteiger charge is 2.40. The summed E-state index contributed by atoms with van der Waals surface area (Å²) in [6.07, 6.45) is 5.52. The number of nitrogens with zero attached hydrogens (tertiary/aromatic N) is 1. The Kier molecular flexibility index (Phi) is 3.72. The van der Waals surface area contributed by atoms with Crippen molar-refractivity contribution in [3.05, 3.63) is 0 Å². The highest BCUT2D eigenvalue weighted by Crippen LogP contribution is 2.48. The Labute approximate surface area is 111 Å². The number of hydrogen-bond donors (Lipinski definition) is 1. The van der Waals surface area contributed by atoms with Crippen LogP contribution in [0.15, 0.2) is 0 Å². The third-order valence-electron chi connectivity index (χ3n) is 4.97. The summed E-state index contributed by atoms with van der Waals surface area (Å²) < 4.78 is 0. The summed E-state index contributed by atoms with van der Waals surface area (Å²) in [5.41, 5.74) is 5.90. The lowest BCUT2D eigenvalue weighted by Gasteiger charge is -2.33. The van der Waals surface area contributed by atoms with Crippen LogP contribution >= 0.6 is 0 Å². The molecule has 4 unspecified atom stereocenters. The monoisotopic (exact) mass is 252 g/mol. The predicted molar refractivity (Wildman–Crippen MR) is 74.0 cm³/mol. The molecule has 0 aliphatic heterocycles. The first-order valence-electron chi connectivity index (χ1n) is 7.29. The van der Waals surface area contributed by atoms with Crippen LogP contribution in [0.25, 0.3) is 0 Å². The number of carbonyl (C=O) groups is 1. The molecule has 3 nitrogen and oxygen atoms in total. The van der Waals surface area contributed by atoms with E-state index in [1.807, 2.05) is 32.7 Å². The second kappa shape index (κ2) is 4.84. The molecule has 2 saturated carbocycles. The first-order chi connectivity index (χ1) is 8.29. The van der Waals surface area contributed by atoms with Gasteiger partial charge in [0.2, 0.25) is 5.91 Å². The molecule has 2 aliphatic rings. The Morgan fingerprint density at radius 1 is 1.33 bits per heavy atom. The first kappa shape index (κ1) is 13.9. The van der Waals surface area contributed by atoms with Crippen LogP contribution in [0.3, 0.4) is 0 Å². The number of carbonyl (C=O) groups excluding carboxylic acids is 1. The summed E-state index contributed by atoms with van der Waals surface area (Å²) >= 11 is 0. The van der Waals surface area contributed by atoms with Crippen LogP contribution in [-0.4, -0.2) is 30.4 Å². The van der Waals surface area contributed by atoms with Gasteiger partial charge in [-0.15, -0.1) is 0 Å².